The summed E-state index contributed by atoms with van der Waals surface area (Å²) in [7, 11) is 0. The van der Waals surface area contributed by atoms with Crippen LogP contribution in [0.2, 0.25) is 0 Å². The van der Waals surface area contributed by atoms with Crippen LogP contribution < -0.4 is 0 Å². The van der Waals surface area contributed by atoms with Crippen LogP contribution >= 0.6 is 31.9 Å². The average Bonchev–Trinajstić information content (AvgIpc) is 2.32. The van der Waals surface area contributed by atoms with Crippen LogP contribution in [0.25, 0.3) is 0 Å². The van der Waals surface area contributed by atoms with E-state index in [0.717, 1.165) is 16.5 Å². The van der Waals surface area contributed by atoms with Gasteiger partial charge in [-0.15, -0.1) is 0 Å². The molecule has 0 saturated heterocycles. The first-order chi connectivity index (χ1) is 8.58. The molecule has 1 unspecified atom stereocenters. The standard InChI is InChI=1S/C15H13Br2F/c1-10-4-2-3-5-11(10)8-14(16)13-7-6-12(18)9-15(13)17/h2-7,9,14H,8H2,1H3. The van der Waals surface area contributed by atoms with Crippen LogP contribution in [-0.4, -0.2) is 0 Å². The number of alkyl halides is 1. The van der Waals surface area contributed by atoms with Crippen LogP contribution in [0.4, 0.5) is 4.39 Å². The van der Waals surface area contributed by atoms with Crippen LogP contribution in [0.5, 0.6) is 0 Å². The van der Waals surface area contributed by atoms with E-state index in [-0.39, 0.29) is 10.6 Å². The number of halogens is 3. The molecule has 2 rings (SSSR count). The molecule has 0 saturated carbocycles. The van der Waals surface area contributed by atoms with Crippen molar-refractivity contribution in [1.29, 1.82) is 0 Å². The summed E-state index contributed by atoms with van der Waals surface area (Å²) in [6.45, 7) is 2.11. The maximum Gasteiger partial charge on any atom is 0.124 e. The first-order valence-corrected chi connectivity index (χ1v) is 7.42. The zero-order valence-corrected chi connectivity index (χ0v) is 13.1. The van der Waals surface area contributed by atoms with Crippen LogP contribution in [0.3, 0.4) is 0 Å². The van der Waals surface area contributed by atoms with Crippen molar-refractivity contribution in [2.24, 2.45) is 0 Å². The predicted octanol–water partition coefficient (Wildman–Crippen LogP) is 5.58. The van der Waals surface area contributed by atoms with E-state index in [0.29, 0.717) is 0 Å². The molecule has 1 atom stereocenters. The molecule has 18 heavy (non-hydrogen) atoms. The summed E-state index contributed by atoms with van der Waals surface area (Å²) in [6, 6.07) is 13.1. The lowest BCUT2D eigenvalue weighted by Gasteiger charge is -2.14. The van der Waals surface area contributed by atoms with Crippen molar-refractivity contribution in [3.8, 4) is 0 Å². The van der Waals surface area contributed by atoms with Gasteiger partial charge in [-0.1, -0.05) is 62.2 Å². The zero-order valence-electron chi connectivity index (χ0n) is 9.96. The van der Waals surface area contributed by atoms with Crippen molar-refractivity contribution in [2.75, 3.05) is 0 Å². The molecule has 0 aliphatic heterocycles. The van der Waals surface area contributed by atoms with Crippen LogP contribution in [0.1, 0.15) is 21.5 Å². The molecule has 0 heterocycles. The second kappa shape index (κ2) is 5.98. The van der Waals surface area contributed by atoms with Crippen LogP contribution in [0, 0.1) is 12.7 Å². The summed E-state index contributed by atoms with van der Waals surface area (Å²) in [5.74, 6) is -0.221. The quantitative estimate of drug-likeness (QED) is 0.618. The Balaban J connectivity index is 2.22. The van der Waals surface area contributed by atoms with Crippen molar-refractivity contribution < 1.29 is 4.39 Å². The Bertz CT molecular complexity index is 552. The van der Waals surface area contributed by atoms with Gasteiger partial charge in [0.15, 0.2) is 0 Å². The number of hydrogen-bond acceptors (Lipinski definition) is 0. The molecular weight excluding hydrogens is 359 g/mol. The van der Waals surface area contributed by atoms with Gasteiger partial charge in [0.2, 0.25) is 0 Å². The molecule has 94 valence electrons. The fraction of sp³-hybridized carbons (Fsp3) is 0.200. The number of benzene rings is 2. The van der Waals surface area contributed by atoms with Gasteiger partial charge in [-0.25, -0.2) is 4.39 Å². The second-order valence-corrected chi connectivity index (χ2v) is 6.22. The van der Waals surface area contributed by atoms with E-state index in [1.807, 2.05) is 18.2 Å². The van der Waals surface area contributed by atoms with Crippen molar-refractivity contribution in [2.45, 2.75) is 18.2 Å². The molecule has 0 aliphatic rings. The molecule has 0 aromatic heterocycles. The molecule has 2 aromatic rings. The first kappa shape index (κ1) is 13.8. The summed E-state index contributed by atoms with van der Waals surface area (Å²) in [5, 5.41) is 0. The van der Waals surface area contributed by atoms with Gasteiger partial charge in [0.1, 0.15) is 5.82 Å². The number of rotatable bonds is 3. The maximum atomic E-state index is 13.1. The summed E-state index contributed by atoms with van der Waals surface area (Å²) < 4.78 is 13.9. The highest BCUT2D eigenvalue weighted by molar-refractivity contribution is 9.11. The molecule has 0 amide bonds. The lowest BCUT2D eigenvalue weighted by Crippen LogP contribution is -1.98. The molecular formula is C15H13Br2F. The third kappa shape index (κ3) is 3.21. The van der Waals surface area contributed by atoms with E-state index in [2.05, 4.69) is 50.9 Å². The Kier molecular flexibility index (Phi) is 4.57. The Morgan fingerprint density at radius 3 is 2.56 bits per heavy atom. The fourth-order valence-electron chi connectivity index (χ4n) is 1.90. The van der Waals surface area contributed by atoms with Gasteiger partial charge in [-0.05, 0) is 42.2 Å². The highest BCUT2D eigenvalue weighted by Gasteiger charge is 2.13. The Labute approximate surface area is 123 Å². The Hall–Kier alpha value is -0.670. The molecule has 0 bridgehead atoms. The first-order valence-electron chi connectivity index (χ1n) is 5.71. The van der Waals surface area contributed by atoms with E-state index < -0.39 is 0 Å². The minimum Gasteiger partial charge on any atom is -0.207 e. The number of hydrogen-bond donors (Lipinski definition) is 0. The Morgan fingerprint density at radius 2 is 1.89 bits per heavy atom. The third-order valence-electron chi connectivity index (χ3n) is 2.96. The van der Waals surface area contributed by atoms with Gasteiger partial charge >= 0.3 is 0 Å². The smallest absolute Gasteiger partial charge is 0.124 e. The zero-order chi connectivity index (χ0) is 13.1. The molecule has 2 aromatic carbocycles. The van der Waals surface area contributed by atoms with Gasteiger partial charge in [0.05, 0.1) is 0 Å². The van der Waals surface area contributed by atoms with Crippen LogP contribution in [0.15, 0.2) is 46.9 Å². The Morgan fingerprint density at radius 1 is 1.17 bits per heavy atom. The van der Waals surface area contributed by atoms with Crippen LogP contribution in [-0.2, 0) is 6.42 Å². The van der Waals surface area contributed by atoms with Gasteiger partial charge in [-0.3, -0.25) is 0 Å². The maximum absolute atomic E-state index is 13.1. The van der Waals surface area contributed by atoms with E-state index in [9.17, 15) is 4.39 Å². The molecule has 3 heteroatoms. The van der Waals surface area contributed by atoms with E-state index in [1.54, 1.807) is 0 Å². The van der Waals surface area contributed by atoms with Gasteiger partial charge in [0.25, 0.3) is 0 Å². The average molecular weight is 372 g/mol. The predicted molar refractivity (Wildman–Crippen MR) is 80.7 cm³/mol. The van der Waals surface area contributed by atoms with Gasteiger partial charge in [0, 0.05) is 9.30 Å². The fourth-order valence-corrected chi connectivity index (χ4v) is 3.58. The van der Waals surface area contributed by atoms with E-state index in [1.165, 1.54) is 23.3 Å². The lowest BCUT2D eigenvalue weighted by molar-refractivity contribution is 0.626. The highest BCUT2D eigenvalue weighted by atomic mass is 79.9. The molecule has 0 radical (unpaired) electrons. The van der Waals surface area contributed by atoms with Crippen molar-refractivity contribution >= 4 is 31.9 Å². The highest BCUT2D eigenvalue weighted by Crippen LogP contribution is 2.33. The van der Waals surface area contributed by atoms with E-state index in [4.69, 9.17) is 0 Å². The minimum absolute atomic E-state index is 0.175. The lowest BCUT2D eigenvalue weighted by atomic mass is 10.0. The second-order valence-electron chi connectivity index (χ2n) is 4.26. The summed E-state index contributed by atoms with van der Waals surface area (Å²) in [4.78, 5) is 0.175. The molecule has 0 aliphatic carbocycles. The van der Waals surface area contributed by atoms with Gasteiger partial charge < -0.3 is 0 Å². The normalized spacial score (nSPS) is 12.4. The molecule has 0 nitrogen and oxygen atoms in total. The van der Waals surface area contributed by atoms with Crippen molar-refractivity contribution in [3.63, 3.8) is 0 Å². The molecule has 0 fully saturated rings. The molecule has 0 spiro atoms. The topological polar surface area (TPSA) is 0 Å². The summed E-state index contributed by atoms with van der Waals surface area (Å²) in [5.41, 5.74) is 3.65. The number of aryl methyl sites for hydroxylation is 1. The third-order valence-corrected chi connectivity index (χ3v) is 4.46. The van der Waals surface area contributed by atoms with Crippen molar-refractivity contribution in [1.82, 2.24) is 0 Å². The molecule has 0 N–H and O–H groups in total. The summed E-state index contributed by atoms with van der Waals surface area (Å²) >= 11 is 7.09. The van der Waals surface area contributed by atoms with Gasteiger partial charge in [-0.2, -0.15) is 0 Å². The summed E-state index contributed by atoms with van der Waals surface area (Å²) in [6.07, 6.45) is 0.886. The largest absolute Gasteiger partial charge is 0.207 e. The minimum atomic E-state index is -0.221. The SMILES string of the molecule is Cc1ccccc1CC(Br)c1ccc(F)cc1Br. The van der Waals surface area contributed by atoms with Crippen molar-refractivity contribution in [3.05, 3.63) is 69.4 Å². The monoisotopic (exact) mass is 370 g/mol. The van der Waals surface area contributed by atoms with E-state index >= 15 is 0 Å².